The fourth-order valence-corrected chi connectivity index (χ4v) is 2.61. The normalized spacial score (nSPS) is 12.6. The standard InChI is InChI=1S/C16H27NS/c1-4-16(15-10-8-14(2)9-11-15)17-12-6-5-7-13-18-3/h8-11,16-17H,4-7,12-13H2,1-3H3. The maximum atomic E-state index is 3.68. The monoisotopic (exact) mass is 265 g/mol. The Kier molecular flexibility index (Phi) is 8.19. The van der Waals surface area contributed by atoms with Crippen molar-refractivity contribution in [3.63, 3.8) is 0 Å². The first-order valence-corrected chi connectivity index (χ1v) is 8.46. The molecule has 0 spiro atoms. The highest BCUT2D eigenvalue weighted by atomic mass is 32.2. The van der Waals surface area contributed by atoms with Gasteiger partial charge in [-0.05, 0) is 50.3 Å². The van der Waals surface area contributed by atoms with Crippen molar-refractivity contribution in [1.29, 1.82) is 0 Å². The van der Waals surface area contributed by atoms with Gasteiger partial charge in [-0.15, -0.1) is 0 Å². The third-order valence-electron chi connectivity index (χ3n) is 3.30. The third kappa shape index (κ3) is 5.92. The predicted octanol–water partition coefficient (Wildman–Crippen LogP) is 4.57. The van der Waals surface area contributed by atoms with E-state index in [9.17, 15) is 0 Å². The number of aryl methyl sites for hydroxylation is 1. The van der Waals surface area contributed by atoms with Crippen molar-refractivity contribution < 1.29 is 0 Å². The van der Waals surface area contributed by atoms with Crippen LogP contribution in [-0.2, 0) is 0 Å². The Labute approximate surface area is 117 Å². The molecule has 102 valence electrons. The SMILES string of the molecule is CCC(NCCCCCSC)c1ccc(C)cc1. The molecule has 0 radical (unpaired) electrons. The summed E-state index contributed by atoms with van der Waals surface area (Å²) in [6.07, 6.45) is 7.34. The lowest BCUT2D eigenvalue weighted by molar-refractivity contribution is 0.502. The molecule has 0 amide bonds. The summed E-state index contributed by atoms with van der Waals surface area (Å²) >= 11 is 1.95. The molecule has 0 bridgehead atoms. The molecule has 1 rings (SSSR count). The average Bonchev–Trinajstić information content (AvgIpc) is 2.39. The maximum absolute atomic E-state index is 3.68. The number of hydrogen-bond acceptors (Lipinski definition) is 2. The molecular formula is C16H27NS. The average molecular weight is 265 g/mol. The molecule has 1 nitrogen and oxygen atoms in total. The molecule has 0 aliphatic rings. The van der Waals surface area contributed by atoms with E-state index in [0.29, 0.717) is 6.04 Å². The van der Waals surface area contributed by atoms with Crippen LogP contribution in [0.2, 0.25) is 0 Å². The van der Waals surface area contributed by atoms with Gasteiger partial charge in [0.25, 0.3) is 0 Å². The first-order chi connectivity index (χ1) is 8.77. The van der Waals surface area contributed by atoms with Gasteiger partial charge in [0.05, 0.1) is 0 Å². The Morgan fingerprint density at radius 2 is 1.83 bits per heavy atom. The molecule has 1 atom stereocenters. The van der Waals surface area contributed by atoms with Crippen molar-refractivity contribution in [1.82, 2.24) is 5.32 Å². The fraction of sp³-hybridized carbons (Fsp3) is 0.625. The Balaban J connectivity index is 2.27. The number of rotatable bonds is 9. The highest BCUT2D eigenvalue weighted by molar-refractivity contribution is 7.98. The smallest absolute Gasteiger partial charge is 0.0317 e. The highest BCUT2D eigenvalue weighted by Gasteiger charge is 2.07. The number of hydrogen-bond donors (Lipinski definition) is 1. The molecule has 0 aliphatic carbocycles. The Morgan fingerprint density at radius 1 is 1.11 bits per heavy atom. The number of unbranched alkanes of at least 4 members (excludes halogenated alkanes) is 2. The van der Waals surface area contributed by atoms with E-state index >= 15 is 0 Å². The van der Waals surface area contributed by atoms with Crippen LogP contribution in [0.15, 0.2) is 24.3 Å². The van der Waals surface area contributed by atoms with Gasteiger partial charge < -0.3 is 5.32 Å². The van der Waals surface area contributed by atoms with Crippen molar-refractivity contribution >= 4 is 11.8 Å². The van der Waals surface area contributed by atoms with Gasteiger partial charge in [-0.2, -0.15) is 11.8 Å². The van der Waals surface area contributed by atoms with Crippen LogP contribution in [-0.4, -0.2) is 18.6 Å². The van der Waals surface area contributed by atoms with Crippen LogP contribution in [0.4, 0.5) is 0 Å². The van der Waals surface area contributed by atoms with E-state index in [2.05, 4.69) is 49.7 Å². The summed E-state index contributed by atoms with van der Waals surface area (Å²) in [4.78, 5) is 0. The quantitative estimate of drug-likeness (QED) is 0.656. The molecule has 2 heteroatoms. The molecule has 0 fully saturated rings. The minimum Gasteiger partial charge on any atom is -0.310 e. The molecule has 0 saturated carbocycles. The lowest BCUT2D eigenvalue weighted by Gasteiger charge is -2.17. The summed E-state index contributed by atoms with van der Waals surface area (Å²) < 4.78 is 0. The van der Waals surface area contributed by atoms with Crippen molar-refractivity contribution in [2.75, 3.05) is 18.6 Å². The van der Waals surface area contributed by atoms with Gasteiger partial charge in [-0.25, -0.2) is 0 Å². The molecular weight excluding hydrogens is 238 g/mol. The summed E-state index contributed by atoms with van der Waals surface area (Å²) in [5, 5.41) is 3.68. The number of nitrogens with one attached hydrogen (secondary N) is 1. The van der Waals surface area contributed by atoms with Crippen LogP contribution in [0.25, 0.3) is 0 Å². The second-order valence-corrected chi connectivity index (χ2v) is 5.86. The van der Waals surface area contributed by atoms with Crippen LogP contribution in [0.5, 0.6) is 0 Å². The van der Waals surface area contributed by atoms with Gasteiger partial charge in [-0.3, -0.25) is 0 Å². The van der Waals surface area contributed by atoms with Gasteiger partial charge in [0.15, 0.2) is 0 Å². The molecule has 0 saturated heterocycles. The third-order valence-corrected chi connectivity index (χ3v) is 4.00. The lowest BCUT2D eigenvalue weighted by atomic mass is 10.0. The van der Waals surface area contributed by atoms with Crippen molar-refractivity contribution in [3.05, 3.63) is 35.4 Å². The number of thioether (sulfide) groups is 1. The zero-order chi connectivity index (χ0) is 13.2. The van der Waals surface area contributed by atoms with Crippen molar-refractivity contribution in [3.8, 4) is 0 Å². The molecule has 1 N–H and O–H groups in total. The van der Waals surface area contributed by atoms with E-state index in [4.69, 9.17) is 0 Å². The van der Waals surface area contributed by atoms with Crippen LogP contribution in [0.1, 0.15) is 49.8 Å². The molecule has 1 aromatic rings. The molecule has 0 aromatic heterocycles. The summed E-state index contributed by atoms with van der Waals surface area (Å²) in [6.45, 7) is 5.54. The van der Waals surface area contributed by atoms with E-state index in [1.807, 2.05) is 11.8 Å². The fourth-order valence-electron chi connectivity index (χ4n) is 2.12. The van der Waals surface area contributed by atoms with E-state index in [-0.39, 0.29) is 0 Å². The van der Waals surface area contributed by atoms with E-state index in [1.54, 1.807) is 0 Å². The number of benzene rings is 1. The lowest BCUT2D eigenvalue weighted by Crippen LogP contribution is -2.21. The first-order valence-electron chi connectivity index (χ1n) is 7.06. The van der Waals surface area contributed by atoms with Gasteiger partial charge in [0.2, 0.25) is 0 Å². The second-order valence-electron chi connectivity index (χ2n) is 4.88. The zero-order valence-electron chi connectivity index (χ0n) is 12.0. The molecule has 0 heterocycles. The first kappa shape index (κ1) is 15.6. The van der Waals surface area contributed by atoms with Crippen molar-refractivity contribution in [2.24, 2.45) is 0 Å². The summed E-state index contributed by atoms with van der Waals surface area (Å²) in [6, 6.07) is 9.44. The summed E-state index contributed by atoms with van der Waals surface area (Å²) in [5.74, 6) is 1.30. The zero-order valence-corrected chi connectivity index (χ0v) is 12.9. The Morgan fingerprint density at radius 3 is 2.44 bits per heavy atom. The van der Waals surface area contributed by atoms with Crippen LogP contribution in [0.3, 0.4) is 0 Å². The van der Waals surface area contributed by atoms with Gasteiger partial charge in [-0.1, -0.05) is 43.2 Å². The predicted molar refractivity (Wildman–Crippen MR) is 84.4 cm³/mol. The van der Waals surface area contributed by atoms with Crippen LogP contribution < -0.4 is 5.32 Å². The summed E-state index contributed by atoms with van der Waals surface area (Å²) in [5.41, 5.74) is 2.76. The topological polar surface area (TPSA) is 12.0 Å². The minimum absolute atomic E-state index is 0.520. The van der Waals surface area contributed by atoms with E-state index in [0.717, 1.165) is 13.0 Å². The molecule has 18 heavy (non-hydrogen) atoms. The van der Waals surface area contributed by atoms with Gasteiger partial charge in [0.1, 0.15) is 0 Å². The molecule has 1 unspecified atom stereocenters. The van der Waals surface area contributed by atoms with Crippen LogP contribution >= 0.6 is 11.8 Å². The van der Waals surface area contributed by atoms with E-state index < -0.39 is 0 Å². The molecule has 1 aromatic carbocycles. The van der Waals surface area contributed by atoms with Crippen LogP contribution in [0, 0.1) is 6.92 Å². The van der Waals surface area contributed by atoms with Gasteiger partial charge >= 0.3 is 0 Å². The van der Waals surface area contributed by atoms with Gasteiger partial charge in [0, 0.05) is 6.04 Å². The minimum atomic E-state index is 0.520. The Hall–Kier alpha value is -0.470. The van der Waals surface area contributed by atoms with E-state index in [1.165, 1.54) is 36.1 Å². The highest BCUT2D eigenvalue weighted by Crippen LogP contribution is 2.17. The maximum Gasteiger partial charge on any atom is 0.0317 e. The van der Waals surface area contributed by atoms with Crippen molar-refractivity contribution in [2.45, 2.75) is 45.6 Å². The second kappa shape index (κ2) is 9.46. The largest absolute Gasteiger partial charge is 0.310 e. The molecule has 0 aliphatic heterocycles. The Bertz CT molecular complexity index is 307. The summed E-state index contributed by atoms with van der Waals surface area (Å²) in [7, 11) is 0.